The first-order chi connectivity index (χ1) is 10.8. The van der Waals surface area contributed by atoms with Crippen molar-refractivity contribution in [3.63, 3.8) is 0 Å². The number of carbonyl (C=O) groups excluding carboxylic acids is 2. The van der Waals surface area contributed by atoms with Gasteiger partial charge in [0.15, 0.2) is 5.78 Å². The molecule has 0 aromatic carbocycles. The van der Waals surface area contributed by atoms with Gasteiger partial charge < -0.3 is 19.7 Å². The summed E-state index contributed by atoms with van der Waals surface area (Å²) in [5, 5.41) is 20.0. The molecule has 3 rings (SSSR count). The van der Waals surface area contributed by atoms with E-state index in [-0.39, 0.29) is 25.2 Å². The molecule has 2 saturated heterocycles. The SMILES string of the molecule is C/C=C(\C)C(=O)O[C@@H]1C[C@@]2(C)O[C@@]3(CC2=O)C(CO)=C[C@@H](O)[C@H]13. The van der Waals surface area contributed by atoms with E-state index < -0.39 is 35.3 Å². The van der Waals surface area contributed by atoms with E-state index in [2.05, 4.69) is 0 Å². The van der Waals surface area contributed by atoms with Crippen molar-refractivity contribution in [2.75, 3.05) is 6.61 Å². The summed E-state index contributed by atoms with van der Waals surface area (Å²) >= 11 is 0. The Bertz CT molecular complexity index is 621. The number of aliphatic hydroxyl groups excluding tert-OH is 2. The molecule has 0 saturated carbocycles. The van der Waals surface area contributed by atoms with E-state index in [9.17, 15) is 19.8 Å². The van der Waals surface area contributed by atoms with Crippen LogP contribution in [0.15, 0.2) is 23.3 Å². The molecule has 2 bridgehead atoms. The van der Waals surface area contributed by atoms with Crippen LogP contribution in [0.5, 0.6) is 0 Å². The third-order valence-electron chi connectivity index (χ3n) is 5.42. The molecular weight excluding hydrogens is 300 g/mol. The standard InChI is InChI=1S/C17H22O6/c1-4-9(2)15(21)22-12-6-16(3)13(20)7-17(23-16)10(8-18)5-11(19)14(12)17/h4-5,11-12,14,18-19H,6-8H2,1-3H3/b9-4+/t11-,12-,14-,16-,17+/m1/s1. The summed E-state index contributed by atoms with van der Waals surface area (Å²) < 4.78 is 11.6. The molecule has 23 heavy (non-hydrogen) atoms. The fourth-order valence-corrected chi connectivity index (χ4v) is 4.06. The molecule has 0 aromatic heterocycles. The Morgan fingerprint density at radius 3 is 2.87 bits per heavy atom. The maximum atomic E-state index is 12.4. The van der Waals surface area contributed by atoms with Gasteiger partial charge in [-0.15, -0.1) is 0 Å². The first kappa shape index (κ1) is 16.4. The second-order valence-electron chi connectivity index (χ2n) is 6.81. The van der Waals surface area contributed by atoms with E-state index >= 15 is 0 Å². The lowest BCUT2D eigenvalue weighted by molar-refractivity contribution is -0.207. The molecule has 2 N–H and O–H groups in total. The van der Waals surface area contributed by atoms with E-state index in [1.54, 1.807) is 26.8 Å². The summed E-state index contributed by atoms with van der Waals surface area (Å²) in [6.07, 6.45) is 1.92. The number of Topliss-reactive ketones (excluding diaryl/α,β-unsaturated/α-hetero) is 1. The lowest BCUT2D eigenvalue weighted by Gasteiger charge is -2.45. The topological polar surface area (TPSA) is 93.1 Å². The smallest absolute Gasteiger partial charge is 0.333 e. The monoisotopic (exact) mass is 322 g/mol. The van der Waals surface area contributed by atoms with Gasteiger partial charge in [0.05, 0.1) is 18.6 Å². The highest BCUT2D eigenvalue weighted by Gasteiger charge is 2.68. The average Bonchev–Trinajstić information content (AvgIpc) is 2.88. The fourth-order valence-electron chi connectivity index (χ4n) is 4.06. The number of ketones is 1. The van der Waals surface area contributed by atoms with Crippen LogP contribution in [0.4, 0.5) is 0 Å². The van der Waals surface area contributed by atoms with Crippen LogP contribution < -0.4 is 0 Å². The van der Waals surface area contributed by atoms with Crippen LogP contribution in [0.25, 0.3) is 0 Å². The predicted molar refractivity (Wildman–Crippen MR) is 80.4 cm³/mol. The molecule has 3 aliphatic rings. The second kappa shape index (κ2) is 5.26. The van der Waals surface area contributed by atoms with E-state index in [4.69, 9.17) is 9.47 Å². The number of carbonyl (C=O) groups is 2. The van der Waals surface area contributed by atoms with Gasteiger partial charge in [-0.2, -0.15) is 0 Å². The Labute approximate surface area is 134 Å². The van der Waals surface area contributed by atoms with Crippen molar-refractivity contribution in [3.05, 3.63) is 23.3 Å². The average molecular weight is 322 g/mol. The van der Waals surface area contributed by atoms with Crippen molar-refractivity contribution in [1.82, 2.24) is 0 Å². The Balaban J connectivity index is 1.98. The molecule has 5 atom stereocenters. The summed E-state index contributed by atoms with van der Waals surface area (Å²) in [6, 6.07) is 0. The number of hydrogen-bond acceptors (Lipinski definition) is 6. The van der Waals surface area contributed by atoms with Crippen LogP contribution in [0.3, 0.4) is 0 Å². The molecule has 2 heterocycles. The molecule has 0 amide bonds. The van der Waals surface area contributed by atoms with Crippen LogP contribution in [-0.2, 0) is 19.1 Å². The van der Waals surface area contributed by atoms with Gasteiger partial charge in [0, 0.05) is 18.4 Å². The number of allylic oxidation sites excluding steroid dienone is 1. The van der Waals surface area contributed by atoms with Gasteiger partial charge in [-0.3, -0.25) is 4.79 Å². The lowest BCUT2D eigenvalue weighted by atomic mass is 9.78. The minimum absolute atomic E-state index is 0.0859. The summed E-state index contributed by atoms with van der Waals surface area (Å²) in [5.41, 5.74) is -1.15. The zero-order valence-electron chi connectivity index (χ0n) is 13.5. The number of fused-ring (bicyclic) bond motifs is 1. The predicted octanol–water partition coefficient (Wildman–Crippen LogP) is 0.664. The zero-order valence-corrected chi connectivity index (χ0v) is 13.5. The minimum Gasteiger partial charge on any atom is -0.458 e. The van der Waals surface area contributed by atoms with Crippen molar-refractivity contribution in [2.45, 2.75) is 57.0 Å². The van der Waals surface area contributed by atoms with Gasteiger partial charge >= 0.3 is 5.97 Å². The zero-order chi connectivity index (χ0) is 17.0. The highest BCUT2D eigenvalue weighted by atomic mass is 16.6. The van der Waals surface area contributed by atoms with E-state index in [1.807, 2.05) is 0 Å². The molecule has 1 aliphatic carbocycles. The third-order valence-corrected chi connectivity index (χ3v) is 5.42. The van der Waals surface area contributed by atoms with Gasteiger partial charge in [-0.1, -0.05) is 12.2 Å². The molecule has 0 aromatic rings. The van der Waals surface area contributed by atoms with Crippen LogP contribution >= 0.6 is 0 Å². The number of esters is 1. The maximum absolute atomic E-state index is 12.4. The molecule has 6 nitrogen and oxygen atoms in total. The molecule has 0 radical (unpaired) electrons. The van der Waals surface area contributed by atoms with Crippen molar-refractivity contribution in [1.29, 1.82) is 0 Å². The van der Waals surface area contributed by atoms with Gasteiger partial charge in [0.25, 0.3) is 0 Å². The van der Waals surface area contributed by atoms with Crippen LogP contribution in [0.2, 0.25) is 0 Å². The summed E-state index contributed by atoms with van der Waals surface area (Å²) in [6.45, 7) is 4.78. The van der Waals surface area contributed by atoms with Crippen LogP contribution in [0.1, 0.15) is 33.6 Å². The van der Waals surface area contributed by atoms with E-state index in [0.717, 1.165) is 0 Å². The molecule has 2 aliphatic heterocycles. The van der Waals surface area contributed by atoms with Crippen molar-refractivity contribution >= 4 is 11.8 Å². The number of hydrogen-bond donors (Lipinski definition) is 2. The van der Waals surface area contributed by atoms with Crippen molar-refractivity contribution in [3.8, 4) is 0 Å². The largest absolute Gasteiger partial charge is 0.458 e. The van der Waals surface area contributed by atoms with Gasteiger partial charge in [0.1, 0.15) is 17.3 Å². The summed E-state index contributed by atoms with van der Waals surface area (Å²) in [4.78, 5) is 24.6. The number of ether oxygens (including phenoxy) is 2. The highest BCUT2D eigenvalue weighted by Crippen LogP contribution is 2.57. The van der Waals surface area contributed by atoms with Crippen molar-refractivity contribution < 1.29 is 29.3 Å². The molecule has 1 spiro atoms. The van der Waals surface area contributed by atoms with Gasteiger partial charge in [0.2, 0.25) is 0 Å². The molecule has 126 valence electrons. The van der Waals surface area contributed by atoms with E-state index in [1.165, 1.54) is 6.08 Å². The Hall–Kier alpha value is -1.50. The van der Waals surface area contributed by atoms with Crippen molar-refractivity contribution in [2.24, 2.45) is 5.92 Å². The molecule has 6 heteroatoms. The number of rotatable bonds is 3. The summed E-state index contributed by atoms with van der Waals surface area (Å²) in [5.74, 6) is -1.12. The molecule has 0 unspecified atom stereocenters. The Morgan fingerprint density at radius 2 is 2.26 bits per heavy atom. The highest BCUT2D eigenvalue weighted by molar-refractivity contribution is 5.92. The molecule has 2 fully saturated rings. The minimum atomic E-state index is -1.06. The first-order valence-electron chi connectivity index (χ1n) is 7.85. The normalized spacial score (nSPS) is 42.5. The second-order valence-corrected chi connectivity index (χ2v) is 6.81. The fraction of sp³-hybridized carbons (Fsp3) is 0.647. The van der Waals surface area contributed by atoms with Crippen LogP contribution in [0, 0.1) is 5.92 Å². The Morgan fingerprint density at radius 1 is 1.57 bits per heavy atom. The van der Waals surface area contributed by atoms with Gasteiger partial charge in [-0.05, 0) is 26.3 Å². The third kappa shape index (κ3) is 2.20. The first-order valence-corrected chi connectivity index (χ1v) is 7.85. The quantitative estimate of drug-likeness (QED) is 0.450. The maximum Gasteiger partial charge on any atom is 0.333 e. The molecular formula is C17H22O6. The van der Waals surface area contributed by atoms with Crippen LogP contribution in [-0.4, -0.2) is 52.0 Å². The summed E-state index contributed by atoms with van der Waals surface area (Å²) in [7, 11) is 0. The van der Waals surface area contributed by atoms with Gasteiger partial charge in [-0.25, -0.2) is 4.79 Å². The van der Waals surface area contributed by atoms with E-state index in [0.29, 0.717) is 11.1 Å². The number of aliphatic hydroxyl groups is 2. The Kier molecular flexibility index (Phi) is 3.74. The lowest BCUT2D eigenvalue weighted by Crippen LogP contribution is -2.56.